The highest BCUT2D eigenvalue weighted by atomic mass is 35.5. The lowest BCUT2D eigenvalue weighted by molar-refractivity contribution is -0.124. The maximum absolute atomic E-state index is 13.0. The van der Waals surface area contributed by atoms with Gasteiger partial charge in [0.25, 0.3) is 6.01 Å². The SMILES string of the molecule is COc1nc2c(OCc3c(Cl)ccc(N(C)C(=O)CNC(=O)CCc4ccc(NS(C)(=O)=O)nc4)c3Cl)cccc2n1Cc1ccccn1. The van der Waals surface area contributed by atoms with E-state index in [-0.39, 0.29) is 36.3 Å². The van der Waals surface area contributed by atoms with Gasteiger partial charge >= 0.3 is 0 Å². The summed E-state index contributed by atoms with van der Waals surface area (Å²) >= 11 is 13.3. The van der Waals surface area contributed by atoms with Crippen LogP contribution in [-0.2, 0) is 39.2 Å². The molecule has 3 aromatic heterocycles. The summed E-state index contributed by atoms with van der Waals surface area (Å²) in [6.07, 6.45) is 4.69. The summed E-state index contributed by atoms with van der Waals surface area (Å²) in [4.78, 5) is 39.9. The van der Waals surface area contributed by atoms with Crippen molar-refractivity contribution in [3.63, 3.8) is 0 Å². The summed E-state index contributed by atoms with van der Waals surface area (Å²) < 4.78 is 38.6. The van der Waals surface area contributed by atoms with Crippen LogP contribution < -0.4 is 24.4 Å². The molecule has 16 heteroatoms. The number of hydrogen-bond donors (Lipinski definition) is 2. The van der Waals surface area contributed by atoms with E-state index < -0.39 is 15.9 Å². The van der Waals surface area contributed by atoms with Crippen LogP contribution >= 0.6 is 23.2 Å². The number of carbonyl (C=O) groups is 2. The van der Waals surface area contributed by atoms with Crippen LogP contribution in [0.1, 0.15) is 23.2 Å². The Labute approximate surface area is 293 Å². The number of sulfonamides is 1. The summed E-state index contributed by atoms with van der Waals surface area (Å²) in [7, 11) is -0.343. The fraction of sp³-hybridized carbons (Fsp3) is 0.242. The molecule has 0 bridgehead atoms. The number of para-hydroxylation sites is 1. The minimum absolute atomic E-state index is 0.0149. The number of benzene rings is 2. The van der Waals surface area contributed by atoms with Crippen LogP contribution in [0.3, 0.4) is 0 Å². The van der Waals surface area contributed by atoms with Crippen LogP contribution in [0.15, 0.2) is 73.1 Å². The van der Waals surface area contributed by atoms with Crippen LogP contribution in [0, 0.1) is 0 Å². The molecular formula is C33H33Cl2N7O6S. The number of likely N-dealkylation sites (N-methyl/N-ethyl adjacent to an activating group) is 1. The fourth-order valence-electron chi connectivity index (χ4n) is 4.90. The van der Waals surface area contributed by atoms with Crippen LogP contribution in [0.5, 0.6) is 11.8 Å². The normalized spacial score (nSPS) is 11.3. The Morgan fingerprint density at radius 2 is 1.84 bits per heavy atom. The quantitative estimate of drug-likeness (QED) is 0.163. The topological polar surface area (TPSA) is 158 Å². The van der Waals surface area contributed by atoms with Gasteiger partial charge in [-0.05, 0) is 54.4 Å². The number of pyridine rings is 2. The molecule has 3 heterocycles. The van der Waals surface area contributed by atoms with Crippen molar-refractivity contribution in [2.24, 2.45) is 0 Å². The van der Waals surface area contributed by atoms with Gasteiger partial charge in [0.2, 0.25) is 21.8 Å². The van der Waals surface area contributed by atoms with E-state index in [2.05, 4.69) is 25.0 Å². The number of aromatic nitrogens is 4. The number of hydrogen-bond acceptors (Lipinski definition) is 9. The molecule has 0 unspecified atom stereocenters. The third-order valence-electron chi connectivity index (χ3n) is 7.40. The van der Waals surface area contributed by atoms with Crippen molar-refractivity contribution in [1.29, 1.82) is 0 Å². The zero-order valence-electron chi connectivity index (χ0n) is 26.8. The van der Waals surface area contributed by atoms with Crippen molar-refractivity contribution in [2.75, 3.05) is 36.6 Å². The minimum Gasteiger partial charge on any atom is -0.486 e. The minimum atomic E-state index is -3.44. The van der Waals surface area contributed by atoms with Gasteiger partial charge in [0.15, 0.2) is 0 Å². The van der Waals surface area contributed by atoms with Crippen LogP contribution in [0.2, 0.25) is 10.0 Å². The van der Waals surface area contributed by atoms with E-state index in [1.54, 1.807) is 44.6 Å². The first-order valence-electron chi connectivity index (χ1n) is 14.9. The standard InChI is InChI=1S/C33H33Cl2N7O6S/c1-41(30(44)18-38-29(43)15-11-21-10-14-28(37-17-21)40-49(3,45)46)25-13-12-24(34)23(31(25)35)20-48-27-9-6-8-26-32(27)39-33(47-2)42(26)19-22-7-4-5-16-36-22/h4-10,12-14,16-17H,11,15,18-20H2,1-3H3,(H,37,40)(H,38,43). The van der Waals surface area contributed by atoms with Gasteiger partial charge < -0.3 is 19.7 Å². The number of methoxy groups -OCH3 is 1. The molecule has 0 aliphatic rings. The van der Waals surface area contributed by atoms with Crippen molar-refractivity contribution < 1.29 is 27.5 Å². The number of anilines is 2. The summed E-state index contributed by atoms with van der Waals surface area (Å²) in [5.74, 6) is -0.0815. The van der Waals surface area contributed by atoms with Crippen molar-refractivity contribution in [3.8, 4) is 11.8 Å². The zero-order valence-corrected chi connectivity index (χ0v) is 29.1. The molecular weight excluding hydrogens is 693 g/mol. The Hall–Kier alpha value is -4.92. The summed E-state index contributed by atoms with van der Waals surface area (Å²) in [5.41, 5.74) is 3.79. The van der Waals surface area contributed by atoms with Crippen molar-refractivity contribution in [2.45, 2.75) is 26.0 Å². The molecule has 49 heavy (non-hydrogen) atoms. The third kappa shape index (κ3) is 8.96. The molecule has 0 saturated carbocycles. The maximum atomic E-state index is 13.0. The Bertz CT molecular complexity index is 2080. The molecule has 2 aromatic carbocycles. The number of halogens is 2. The Kier molecular flexibility index (Phi) is 11.2. The van der Waals surface area contributed by atoms with E-state index in [9.17, 15) is 18.0 Å². The fourth-order valence-corrected chi connectivity index (χ4v) is 6.01. The molecule has 0 spiro atoms. The van der Waals surface area contributed by atoms with E-state index in [1.807, 2.05) is 34.9 Å². The summed E-state index contributed by atoms with van der Waals surface area (Å²) in [6.45, 7) is 0.169. The zero-order chi connectivity index (χ0) is 35.1. The second kappa shape index (κ2) is 15.5. The van der Waals surface area contributed by atoms with Crippen molar-refractivity contribution >= 4 is 67.6 Å². The molecule has 0 aliphatic heterocycles. The molecule has 0 fully saturated rings. The summed E-state index contributed by atoms with van der Waals surface area (Å²) in [6, 6.07) is 18.1. The first kappa shape index (κ1) is 35.4. The number of rotatable bonds is 14. The maximum Gasteiger partial charge on any atom is 0.297 e. The van der Waals surface area contributed by atoms with Gasteiger partial charge in [-0.15, -0.1) is 0 Å². The van der Waals surface area contributed by atoms with Gasteiger partial charge in [-0.25, -0.2) is 13.4 Å². The number of ether oxygens (including phenoxy) is 2. The number of fused-ring (bicyclic) bond motifs is 1. The highest BCUT2D eigenvalue weighted by molar-refractivity contribution is 7.92. The Morgan fingerprint density at radius 3 is 2.53 bits per heavy atom. The van der Waals surface area contributed by atoms with Gasteiger partial charge in [-0.1, -0.05) is 41.4 Å². The first-order chi connectivity index (χ1) is 23.4. The molecule has 2 N–H and O–H groups in total. The van der Waals surface area contributed by atoms with Crippen LogP contribution in [-0.4, -0.2) is 66.7 Å². The van der Waals surface area contributed by atoms with Gasteiger partial charge in [0.05, 0.1) is 48.4 Å². The highest BCUT2D eigenvalue weighted by Crippen LogP contribution is 2.36. The van der Waals surface area contributed by atoms with Gasteiger partial charge in [-0.2, -0.15) is 4.98 Å². The number of nitrogens with zero attached hydrogens (tertiary/aromatic N) is 5. The second-order valence-electron chi connectivity index (χ2n) is 10.9. The average Bonchev–Trinajstić information content (AvgIpc) is 3.44. The van der Waals surface area contributed by atoms with E-state index >= 15 is 0 Å². The molecule has 5 aromatic rings. The smallest absolute Gasteiger partial charge is 0.297 e. The first-order valence-corrected chi connectivity index (χ1v) is 17.6. The molecule has 0 radical (unpaired) electrons. The third-order valence-corrected chi connectivity index (χ3v) is 8.76. The Balaban J connectivity index is 1.21. The molecule has 0 atom stereocenters. The highest BCUT2D eigenvalue weighted by Gasteiger charge is 2.21. The number of nitrogens with one attached hydrogen (secondary N) is 2. The summed E-state index contributed by atoms with van der Waals surface area (Å²) in [5, 5.41) is 3.20. The molecule has 0 aliphatic carbocycles. The van der Waals surface area contributed by atoms with Crippen molar-refractivity contribution in [1.82, 2.24) is 24.8 Å². The number of carbonyl (C=O) groups excluding carboxylic acids is 2. The van der Waals surface area contributed by atoms with Crippen LogP contribution in [0.25, 0.3) is 11.0 Å². The van der Waals surface area contributed by atoms with Crippen LogP contribution in [0.4, 0.5) is 11.5 Å². The Morgan fingerprint density at radius 1 is 1.02 bits per heavy atom. The molecule has 2 amide bonds. The predicted octanol–water partition coefficient (Wildman–Crippen LogP) is 4.85. The molecule has 13 nitrogen and oxygen atoms in total. The number of aryl methyl sites for hydroxylation is 1. The van der Waals surface area contributed by atoms with Gasteiger partial charge in [-0.3, -0.25) is 23.9 Å². The molecule has 256 valence electrons. The van der Waals surface area contributed by atoms with Gasteiger partial charge in [0.1, 0.15) is 23.7 Å². The number of amides is 2. The molecule has 0 saturated heterocycles. The second-order valence-corrected chi connectivity index (χ2v) is 13.5. The lowest BCUT2D eigenvalue weighted by atomic mass is 10.1. The monoisotopic (exact) mass is 725 g/mol. The average molecular weight is 727 g/mol. The van der Waals surface area contributed by atoms with E-state index in [1.165, 1.54) is 17.2 Å². The van der Waals surface area contributed by atoms with Gasteiger partial charge in [0, 0.05) is 36.4 Å². The van der Waals surface area contributed by atoms with E-state index in [4.69, 9.17) is 32.7 Å². The van der Waals surface area contributed by atoms with E-state index in [0.717, 1.165) is 23.0 Å². The lowest BCUT2D eigenvalue weighted by Crippen LogP contribution is -2.38. The van der Waals surface area contributed by atoms with Crippen molar-refractivity contribution in [3.05, 3.63) is 99.9 Å². The largest absolute Gasteiger partial charge is 0.486 e. The molecule has 5 rings (SSSR count). The van der Waals surface area contributed by atoms with E-state index in [0.29, 0.717) is 46.5 Å². The number of imidazole rings is 1. The lowest BCUT2D eigenvalue weighted by Gasteiger charge is -2.21. The predicted molar refractivity (Wildman–Crippen MR) is 188 cm³/mol.